The van der Waals surface area contributed by atoms with Gasteiger partial charge in [-0.05, 0) is 43.0 Å². The molecule has 6 heteroatoms. The molecule has 0 spiro atoms. The van der Waals surface area contributed by atoms with Crippen LogP contribution in [-0.2, 0) is 19.6 Å². The quantitative estimate of drug-likeness (QED) is 0.623. The highest BCUT2D eigenvalue weighted by atomic mass is 19.1. The highest BCUT2D eigenvalue weighted by Crippen LogP contribution is 2.20. The Balaban J connectivity index is 1.48. The normalized spacial score (nSPS) is 13.6. The van der Waals surface area contributed by atoms with Crippen molar-refractivity contribution in [3.05, 3.63) is 88.9 Å². The van der Waals surface area contributed by atoms with E-state index in [1.807, 2.05) is 6.07 Å². The van der Waals surface area contributed by atoms with Crippen LogP contribution in [0, 0.1) is 12.7 Å². The molecule has 1 fully saturated rings. The van der Waals surface area contributed by atoms with Crippen molar-refractivity contribution < 1.29 is 13.6 Å². The second kappa shape index (κ2) is 8.57. The minimum atomic E-state index is -0.252. The molecule has 0 unspecified atom stereocenters. The van der Waals surface area contributed by atoms with Crippen LogP contribution in [0.5, 0.6) is 0 Å². The molecule has 4 rings (SSSR count). The summed E-state index contributed by atoms with van der Waals surface area (Å²) in [6.45, 7) is 3.81. The third kappa shape index (κ3) is 5.51. The summed E-state index contributed by atoms with van der Waals surface area (Å²) in [5.41, 5.74) is 3.67. The van der Waals surface area contributed by atoms with Gasteiger partial charge in [-0.25, -0.2) is 9.37 Å². The van der Waals surface area contributed by atoms with E-state index < -0.39 is 0 Å². The fourth-order valence-corrected chi connectivity index (χ4v) is 3.25. The number of amides is 1. The van der Waals surface area contributed by atoms with Gasteiger partial charge in [-0.2, -0.15) is 0 Å². The third-order valence-electron chi connectivity index (χ3n) is 4.86. The summed E-state index contributed by atoms with van der Waals surface area (Å²) in [6, 6.07) is 15.1. The summed E-state index contributed by atoms with van der Waals surface area (Å²) in [5, 5.41) is 2.92. The van der Waals surface area contributed by atoms with E-state index in [9.17, 15) is 9.18 Å². The van der Waals surface area contributed by atoms with Crippen LogP contribution in [0.3, 0.4) is 0 Å². The molecule has 1 aliphatic rings. The van der Waals surface area contributed by atoms with Crippen molar-refractivity contribution in [3.8, 4) is 0 Å². The van der Waals surface area contributed by atoms with E-state index >= 15 is 0 Å². The number of hydrogen-bond donors (Lipinski definition) is 1. The first-order valence-corrected chi connectivity index (χ1v) is 9.83. The standard InChI is InChI=1S/C23H24FN3O2/c1-16-3-2-4-18(11-16)13-27(12-17-5-7-19(24)8-6-17)14-22-26-21(15-29-22)23(28)25-20-9-10-20/h2-8,11,15,20H,9-10,12-14H2,1H3,(H,25,28). The van der Waals surface area contributed by atoms with Crippen LogP contribution in [0.1, 0.15) is 45.9 Å². The zero-order chi connectivity index (χ0) is 20.2. The first-order chi connectivity index (χ1) is 14.0. The largest absolute Gasteiger partial charge is 0.447 e. The van der Waals surface area contributed by atoms with Crippen LogP contribution in [-0.4, -0.2) is 21.8 Å². The fourth-order valence-electron chi connectivity index (χ4n) is 3.25. The number of carbonyl (C=O) groups excluding carboxylic acids is 1. The Hall–Kier alpha value is -2.99. The summed E-state index contributed by atoms with van der Waals surface area (Å²) in [6.07, 6.45) is 3.46. The van der Waals surface area contributed by atoms with Crippen LogP contribution in [0.4, 0.5) is 4.39 Å². The predicted octanol–water partition coefficient (Wildman–Crippen LogP) is 4.22. The Kier molecular flexibility index (Phi) is 5.71. The molecule has 29 heavy (non-hydrogen) atoms. The van der Waals surface area contributed by atoms with Gasteiger partial charge in [0.1, 0.15) is 12.1 Å². The molecule has 1 heterocycles. The molecule has 1 N–H and O–H groups in total. The summed E-state index contributed by atoms with van der Waals surface area (Å²) in [7, 11) is 0. The van der Waals surface area contributed by atoms with Crippen LogP contribution in [0.2, 0.25) is 0 Å². The molecular formula is C23H24FN3O2. The summed E-state index contributed by atoms with van der Waals surface area (Å²) >= 11 is 0. The first kappa shape index (κ1) is 19.3. The van der Waals surface area contributed by atoms with Crippen molar-refractivity contribution in [1.82, 2.24) is 15.2 Å². The Morgan fingerprint density at radius 2 is 1.90 bits per heavy atom. The smallest absolute Gasteiger partial charge is 0.273 e. The summed E-state index contributed by atoms with van der Waals surface area (Å²) in [5.74, 6) is 0.0463. The Morgan fingerprint density at radius 3 is 2.62 bits per heavy atom. The van der Waals surface area contributed by atoms with Crippen LogP contribution in [0.25, 0.3) is 0 Å². The van der Waals surface area contributed by atoms with Gasteiger partial charge in [-0.1, -0.05) is 42.0 Å². The van der Waals surface area contributed by atoms with Crippen LogP contribution in [0.15, 0.2) is 59.2 Å². The van der Waals surface area contributed by atoms with E-state index in [1.54, 1.807) is 12.1 Å². The van der Waals surface area contributed by atoms with Gasteiger partial charge >= 0.3 is 0 Å². The predicted molar refractivity (Wildman–Crippen MR) is 108 cm³/mol. The average Bonchev–Trinajstić information content (AvgIpc) is 3.38. The second-order valence-electron chi connectivity index (χ2n) is 7.63. The van der Waals surface area contributed by atoms with Gasteiger partial charge < -0.3 is 9.73 Å². The first-order valence-electron chi connectivity index (χ1n) is 9.83. The molecule has 3 aromatic rings. The van der Waals surface area contributed by atoms with Gasteiger partial charge in [0.2, 0.25) is 5.89 Å². The van der Waals surface area contributed by atoms with Gasteiger partial charge in [-0.3, -0.25) is 9.69 Å². The van der Waals surface area contributed by atoms with Crippen molar-refractivity contribution >= 4 is 5.91 Å². The molecule has 0 bridgehead atoms. The van der Waals surface area contributed by atoms with Crippen molar-refractivity contribution in [3.63, 3.8) is 0 Å². The molecular weight excluding hydrogens is 369 g/mol. The molecule has 1 aliphatic carbocycles. The SMILES string of the molecule is Cc1cccc(CN(Cc2ccc(F)cc2)Cc2nc(C(=O)NC3CC3)co2)c1. The van der Waals surface area contributed by atoms with E-state index in [1.165, 1.54) is 29.5 Å². The Bertz CT molecular complexity index is 980. The molecule has 2 aromatic carbocycles. The maximum atomic E-state index is 13.3. The molecule has 5 nitrogen and oxygen atoms in total. The number of nitrogens with zero attached hydrogens (tertiary/aromatic N) is 2. The molecule has 0 aliphatic heterocycles. The lowest BCUT2D eigenvalue weighted by Crippen LogP contribution is -2.26. The maximum Gasteiger partial charge on any atom is 0.273 e. The van der Waals surface area contributed by atoms with Crippen molar-refractivity contribution in [2.45, 2.75) is 45.4 Å². The number of halogens is 1. The molecule has 150 valence electrons. The lowest BCUT2D eigenvalue weighted by Gasteiger charge is -2.21. The van der Waals surface area contributed by atoms with E-state index in [-0.39, 0.29) is 17.8 Å². The lowest BCUT2D eigenvalue weighted by molar-refractivity contribution is 0.0946. The lowest BCUT2D eigenvalue weighted by atomic mass is 10.1. The van der Waals surface area contributed by atoms with Crippen molar-refractivity contribution in [2.75, 3.05) is 0 Å². The Morgan fingerprint density at radius 1 is 1.14 bits per heavy atom. The highest BCUT2D eigenvalue weighted by molar-refractivity contribution is 5.92. The van der Waals surface area contributed by atoms with Gasteiger partial charge in [0.05, 0.1) is 6.54 Å². The number of aromatic nitrogens is 1. The van der Waals surface area contributed by atoms with Crippen molar-refractivity contribution in [1.29, 1.82) is 0 Å². The minimum Gasteiger partial charge on any atom is -0.447 e. The fraction of sp³-hybridized carbons (Fsp3) is 0.304. The zero-order valence-corrected chi connectivity index (χ0v) is 16.4. The molecule has 1 amide bonds. The van der Waals surface area contributed by atoms with Crippen LogP contribution < -0.4 is 5.32 Å². The van der Waals surface area contributed by atoms with Crippen LogP contribution >= 0.6 is 0 Å². The zero-order valence-electron chi connectivity index (χ0n) is 16.4. The number of aryl methyl sites for hydroxylation is 1. The number of benzene rings is 2. The van der Waals surface area contributed by atoms with Crippen molar-refractivity contribution in [2.24, 2.45) is 0 Å². The molecule has 1 aromatic heterocycles. The number of rotatable bonds is 8. The molecule has 1 saturated carbocycles. The molecule has 0 radical (unpaired) electrons. The average molecular weight is 393 g/mol. The van der Waals surface area contributed by atoms with E-state index in [0.717, 1.165) is 18.4 Å². The highest BCUT2D eigenvalue weighted by Gasteiger charge is 2.25. The number of hydrogen-bond acceptors (Lipinski definition) is 4. The van der Waals surface area contributed by atoms with E-state index in [0.29, 0.717) is 31.2 Å². The monoisotopic (exact) mass is 393 g/mol. The second-order valence-corrected chi connectivity index (χ2v) is 7.63. The summed E-state index contributed by atoms with van der Waals surface area (Å²) < 4.78 is 18.8. The van der Waals surface area contributed by atoms with E-state index in [4.69, 9.17) is 4.42 Å². The number of oxazole rings is 1. The van der Waals surface area contributed by atoms with Gasteiger partial charge in [0.15, 0.2) is 5.69 Å². The van der Waals surface area contributed by atoms with Gasteiger partial charge in [-0.15, -0.1) is 0 Å². The maximum absolute atomic E-state index is 13.3. The molecule has 0 atom stereocenters. The third-order valence-corrected chi connectivity index (χ3v) is 4.86. The molecule has 0 saturated heterocycles. The Labute approximate surface area is 169 Å². The number of carbonyl (C=O) groups is 1. The van der Waals surface area contributed by atoms with Gasteiger partial charge in [0.25, 0.3) is 5.91 Å². The van der Waals surface area contributed by atoms with Gasteiger partial charge in [0, 0.05) is 19.1 Å². The number of nitrogens with one attached hydrogen (secondary N) is 1. The minimum absolute atomic E-state index is 0.189. The summed E-state index contributed by atoms with van der Waals surface area (Å²) in [4.78, 5) is 18.7. The topological polar surface area (TPSA) is 58.4 Å². The van der Waals surface area contributed by atoms with E-state index in [2.05, 4.69) is 40.3 Å².